The van der Waals surface area contributed by atoms with Crippen LogP contribution in [-0.2, 0) is 13.0 Å². The fourth-order valence-corrected chi connectivity index (χ4v) is 2.68. The van der Waals surface area contributed by atoms with E-state index in [1.807, 2.05) is 38.1 Å². The van der Waals surface area contributed by atoms with Gasteiger partial charge in [0.15, 0.2) is 0 Å². The van der Waals surface area contributed by atoms with Crippen molar-refractivity contribution in [2.24, 2.45) is 0 Å². The van der Waals surface area contributed by atoms with Gasteiger partial charge >= 0.3 is 0 Å². The molecule has 0 amide bonds. The number of nitrogens with one attached hydrogen (secondary N) is 1. The van der Waals surface area contributed by atoms with Crippen molar-refractivity contribution in [3.8, 4) is 11.5 Å². The summed E-state index contributed by atoms with van der Waals surface area (Å²) in [7, 11) is 0. The molecule has 1 aliphatic heterocycles. The number of benzene rings is 2. The third kappa shape index (κ3) is 3.80. The van der Waals surface area contributed by atoms with Gasteiger partial charge in [0.2, 0.25) is 0 Å². The van der Waals surface area contributed by atoms with Gasteiger partial charge in [-0.25, -0.2) is 0 Å². The van der Waals surface area contributed by atoms with Crippen molar-refractivity contribution in [1.29, 1.82) is 0 Å². The Morgan fingerprint density at radius 1 is 1.14 bits per heavy atom. The van der Waals surface area contributed by atoms with E-state index in [0.29, 0.717) is 6.04 Å². The Balaban J connectivity index is 1.53. The van der Waals surface area contributed by atoms with Gasteiger partial charge in [-0.15, -0.1) is 0 Å². The maximum atomic E-state index is 5.80. The Labute approximate surface area is 132 Å². The van der Waals surface area contributed by atoms with Crippen LogP contribution in [0.4, 0.5) is 0 Å². The molecule has 1 aliphatic rings. The molecule has 22 heavy (non-hydrogen) atoms. The van der Waals surface area contributed by atoms with Crippen molar-refractivity contribution in [2.75, 3.05) is 6.61 Å². The minimum Gasteiger partial charge on any atom is -0.492 e. The quantitative estimate of drug-likeness (QED) is 0.915. The van der Waals surface area contributed by atoms with E-state index in [-0.39, 0.29) is 6.10 Å². The number of para-hydroxylation sites is 1. The lowest BCUT2D eigenvalue weighted by molar-refractivity contribution is 0.237. The van der Waals surface area contributed by atoms with E-state index in [0.717, 1.165) is 31.1 Å². The topological polar surface area (TPSA) is 30.5 Å². The van der Waals surface area contributed by atoms with E-state index >= 15 is 0 Å². The van der Waals surface area contributed by atoms with Gasteiger partial charge in [-0.3, -0.25) is 0 Å². The molecule has 0 bridgehead atoms. The number of hydrogen-bond acceptors (Lipinski definition) is 3. The Morgan fingerprint density at radius 2 is 1.91 bits per heavy atom. The van der Waals surface area contributed by atoms with Gasteiger partial charge in [0.05, 0.1) is 6.10 Å². The minimum atomic E-state index is 0.212. The Hall–Kier alpha value is -2.00. The van der Waals surface area contributed by atoms with Crippen LogP contribution in [0.3, 0.4) is 0 Å². The smallest absolute Gasteiger partial charge is 0.122 e. The molecule has 2 aromatic rings. The van der Waals surface area contributed by atoms with Crippen molar-refractivity contribution >= 4 is 0 Å². The third-order valence-electron chi connectivity index (χ3n) is 3.77. The van der Waals surface area contributed by atoms with Gasteiger partial charge in [0.25, 0.3) is 0 Å². The molecule has 0 fully saturated rings. The molecule has 0 saturated heterocycles. The Morgan fingerprint density at radius 3 is 2.68 bits per heavy atom. The molecule has 2 aromatic carbocycles. The van der Waals surface area contributed by atoms with E-state index in [4.69, 9.17) is 9.47 Å². The molecule has 0 aliphatic carbocycles. The summed E-state index contributed by atoms with van der Waals surface area (Å²) in [6.45, 7) is 5.65. The van der Waals surface area contributed by atoms with Crippen molar-refractivity contribution in [3.63, 3.8) is 0 Å². The van der Waals surface area contributed by atoms with Crippen LogP contribution in [0.1, 0.15) is 25.0 Å². The average Bonchev–Trinajstić information content (AvgIpc) is 2.53. The molecule has 0 saturated carbocycles. The maximum absolute atomic E-state index is 5.80. The fraction of sp³-hybridized carbons (Fsp3) is 0.368. The average molecular weight is 297 g/mol. The monoisotopic (exact) mass is 297 g/mol. The summed E-state index contributed by atoms with van der Waals surface area (Å²) in [4.78, 5) is 0. The van der Waals surface area contributed by atoms with Crippen LogP contribution in [0.2, 0.25) is 0 Å². The SMILES string of the molecule is CC(C)Oc1ccc(CN[C@H]2COc3ccccc3C2)cc1. The van der Waals surface area contributed by atoms with Crippen molar-refractivity contribution in [2.45, 2.75) is 39.0 Å². The van der Waals surface area contributed by atoms with Crippen LogP contribution in [-0.4, -0.2) is 18.8 Å². The van der Waals surface area contributed by atoms with E-state index in [9.17, 15) is 0 Å². The largest absolute Gasteiger partial charge is 0.492 e. The van der Waals surface area contributed by atoms with Crippen LogP contribution in [0, 0.1) is 0 Å². The summed E-state index contributed by atoms with van der Waals surface area (Å²) in [6, 6.07) is 16.9. The van der Waals surface area contributed by atoms with Crippen LogP contribution in [0.5, 0.6) is 11.5 Å². The van der Waals surface area contributed by atoms with Gasteiger partial charge in [-0.2, -0.15) is 0 Å². The number of ether oxygens (including phenoxy) is 2. The Bertz CT molecular complexity index is 607. The van der Waals surface area contributed by atoms with Crippen LogP contribution in [0.25, 0.3) is 0 Å². The second kappa shape index (κ2) is 6.84. The normalized spacial score (nSPS) is 17.0. The van der Waals surface area contributed by atoms with Gasteiger partial charge in [-0.1, -0.05) is 30.3 Å². The summed E-state index contributed by atoms with van der Waals surface area (Å²) >= 11 is 0. The molecule has 0 unspecified atom stereocenters. The van der Waals surface area contributed by atoms with Crippen LogP contribution >= 0.6 is 0 Å². The molecule has 3 heteroatoms. The van der Waals surface area contributed by atoms with E-state index in [2.05, 4.69) is 29.6 Å². The Kier molecular flexibility index (Phi) is 4.64. The highest BCUT2D eigenvalue weighted by Crippen LogP contribution is 2.24. The zero-order chi connectivity index (χ0) is 15.4. The lowest BCUT2D eigenvalue weighted by Gasteiger charge is -2.26. The van der Waals surface area contributed by atoms with E-state index in [1.165, 1.54) is 11.1 Å². The molecular weight excluding hydrogens is 274 g/mol. The molecule has 0 spiro atoms. The molecule has 3 rings (SSSR count). The molecule has 1 N–H and O–H groups in total. The fourth-order valence-electron chi connectivity index (χ4n) is 2.68. The summed E-state index contributed by atoms with van der Waals surface area (Å²) in [5.41, 5.74) is 2.54. The molecular formula is C19H23NO2. The van der Waals surface area contributed by atoms with Gasteiger partial charge in [-0.05, 0) is 49.6 Å². The maximum Gasteiger partial charge on any atom is 0.122 e. The molecule has 1 atom stereocenters. The zero-order valence-electron chi connectivity index (χ0n) is 13.2. The summed E-state index contributed by atoms with van der Waals surface area (Å²) in [5.74, 6) is 1.95. The zero-order valence-corrected chi connectivity index (χ0v) is 13.2. The summed E-state index contributed by atoms with van der Waals surface area (Å²) < 4.78 is 11.5. The highest BCUT2D eigenvalue weighted by molar-refractivity contribution is 5.35. The van der Waals surface area contributed by atoms with E-state index < -0.39 is 0 Å². The first-order chi connectivity index (χ1) is 10.7. The molecule has 0 radical (unpaired) electrons. The van der Waals surface area contributed by atoms with Crippen LogP contribution < -0.4 is 14.8 Å². The first kappa shape index (κ1) is 14.9. The standard InChI is InChI=1S/C19H23NO2/c1-14(2)22-18-9-7-15(8-10-18)12-20-17-11-16-5-3-4-6-19(16)21-13-17/h3-10,14,17,20H,11-13H2,1-2H3/t17-/m1/s1. The van der Waals surface area contributed by atoms with Gasteiger partial charge in [0, 0.05) is 12.6 Å². The lowest BCUT2D eigenvalue weighted by Crippen LogP contribution is -2.38. The van der Waals surface area contributed by atoms with Crippen LogP contribution in [0.15, 0.2) is 48.5 Å². The number of hydrogen-bond donors (Lipinski definition) is 1. The van der Waals surface area contributed by atoms with Gasteiger partial charge in [0.1, 0.15) is 18.1 Å². The highest BCUT2D eigenvalue weighted by atomic mass is 16.5. The second-order valence-electron chi connectivity index (χ2n) is 6.01. The first-order valence-corrected chi connectivity index (χ1v) is 7.90. The van der Waals surface area contributed by atoms with Gasteiger partial charge < -0.3 is 14.8 Å². The second-order valence-corrected chi connectivity index (χ2v) is 6.01. The van der Waals surface area contributed by atoms with Crippen molar-refractivity contribution < 1.29 is 9.47 Å². The van der Waals surface area contributed by atoms with Crippen molar-refractivity contribution in [3.05, 3.63) is 59.7 Å². The predicted molar refractivity (Wildman–Crippen MR) is 88.5 cm³/mol. The molecule has 1 heterocycles. The van der Waals surface area contributed by atoms with Crippen molar-refractivity contribution in [1.82, 2.24) is 5.32 Å². The number of rotatable bonds is 5. The predicted octanol–water partition coefficient (Wildman–Crippen LogP) is 3.57. The minimum absolute atomic E-state index is 0.212. The molecule has 116 valence electrons. The third-order valence-corrected chi connectivity index (χ3v) is 3.77. The lowest BCUT2D eigenvalue weighted by atomic mass is 10.0. The molecule has 0 aromatic heterocycles. The first-order valence-electron chi connectivity index (χ1n) is 7.90. The summed E-state index contributed by atoms with van der Waals surface area (Å²) in [6.07, 6.45) is 1.23. The van der Waals surface area contributed by atoms with E-state index in [1.54, 1.807) is 0 Å². The summed E-state index contributed by atoms with van der Waals surface area (Å²) in [5, 5.41) is 3.57. The number of fused-ring (bicyclic) bond motifs is 1. The highest BCUT2D eigenvalue weighted by Gasteiger charge is 2.18. The molecule has 3 nitrogen and oxygen atoms in total.